The van der Waals surface area contributed by atoms with E-state index in [1.54, 1.807) is 0 Å². The third kappa shape index (κ3) is 3.46. The van der Waals surface area contributed by atoms with Gasteiger partial charge in [0.05, 0.1) is 6.42 Å². The van der Waals surface area contributed by atoms with Crippen LogP contribution in [0.1, 0.15) is 40.1 Å². The van der Waals surface area contributed by atoms with Gasteiger partial charge in [-0.3, -0.25) is 9.69 Å². The van der Waals surface area contributed by atoms with E-state index in [0.717, 1.165) is 25.9 Å². The van der Waals surface area contributed by atoms with Crippen molar-refractivity contribution in [3.8, 4) is 0 Å². The van der Waals surface area contributed by atoms with Gasteiger partial charge in [0.1, 0.15) is 6.10 Å². The molecule has 2 saturated heterocycles. The van der Waals surface area contributed by atoms with Crippen LogP contribution in [-0.2, 0) is 9.53 Å². The number of carbonyl (C=O) groups is 1. The van der Waals surface area contributed by atoms with Gasteiger partial charge in [-0.25, -0.2) is 0 Å². The minimum absolute atomic E-state index is 0.0246. The van der Waals surface area contributed by atoms with E-state index >= 15 is 0 Å². The van der Waals surface area contributed by atoms with Crippen LogP contribution in [0.5, 0.6) is 0 Å². The van der Waals surface area contributed by atoms with Gasteiger partial charge in [-0.15, -0.1) is 22.7 Å². The number of ether oxygens (including phenoxy) is 1. The van der Waals surface area contributed by atoms with Gasteiger partial charge in [0, 0.05) is 40.9 Å². The summed E-state index contributed by atoms with van der Waals surface area (Å²) in [6.45, 7) is 6.27. The monoisotopic (exact) mass is 373 g/mol. The van der Waals surface area contributed by atoms with Crippen molar-refractivity contribution < 1.29 is 9.53 Å². The van der Waals surface area contributed by atoms with Crippen LogP contribution in [-0.4, -0.2) is 36.1 Å². The third-order valence-corrected chi connectivity index (χ3v) is 7.27. The lowest BCUT2D eigenvalue weighted by molar-refractivity contribution is -0.151. The van der Waals surface area contributed by atoms with Crippen LogP contribution in [0.4, 0.5) is 0 Å². The smallest absolute Gasteiger partial charge is 0.307 e. The summed E-state index contributed by atoms with van der Waals surface area (Å²) in [4.78, 5) is 16.8. The summed E-state index contributed by atoms with van der Waals surface area (Å²) < 4.78 is 5.39. The Morgan fingerprint density at radius 2 is 1.92 bits per heavy atom. The molecule has 3 nitrogen and oxygen atoms in total. The zero-order chi connectivity index (χ0) is 17.4. The van der Waals surface area contributed by atoms with Crippen molar-refractivity contribution in [3.05, 3.63) is 49.9 Å². The van der Waals surface area contributed by atoms with Crippen LogP contribution >= 0.6 is 22.7 Å². The molecule has 0 aliphatic carbocycles. The molecule has 2 aromatic heterocycles. The lowest BCUT2D eigenvalue weighted by Crippen LogP contribution is -2.31. The van der Waals surface area contributed by atoms with E-state index in [4.69, 9.17) is 4.74 Å². The van der Waals surface area contributed by atoms with Crippen molar-refractivity contribution in [2.75, 3.05) is 13.1 Å². The van der Waals surface area contributed by atoms with Crippen LogP contribution < -0.4 is 0 Å². The van der Waals surface area contributed by atoms with Gasteiger partial charge in [0.25, 0.3) is 0 Å². The average molecular weight is 374 g/mol. The lowest BCUT2D eigenvalue weighted by Gasteiger charge is -2.22. The van der Waals surface area contributed by atoms with E-state index < -0.39 is 0 Å². The first-order chi connectivity index (χ1) is 12.1. The Morgan fingerprint density at radius 3 is 2.52 bits per heavy atom. The number of fused-ring (bicyclic) bond motifs is 2. The summed E-state index contributed by atoms with van der Waals surface area (Å²) in [5, 5.41) is 4.35. The second kappa shape index (κ2) is 7.06. The maximum absolute atomic E-state index is 11.6. The van der Waals surface area contributed by atoms with E-state index in [0.29, 0.717) is 12.5 Å². The molecule has 132 valence electrons. The molecule has 2 aromatic rings. The third-order valence-electron chi connectivity index (χ3n) is 5.17. The van der Waals surface area contributed by atoms with Crippen LogP contribution in [0.2, 0.25) is 0 Å². The molecule has 2 aliphatic rings. The number of thiophene rings is 2. The van der Waals surface area contributed by atoms with Crippen molar-refractivity contribution >= 4 is 34.2 Å². The molecule has 4 rings (SSSR count). The number of rotatable bonds is 5. The van der Waals surface area contributed by atoms with E-state index in [-0.39, 0.29) is 12.1 Å². The van der Waals surface area contributed by atoms with Gasteiger partial charge in [0.15, 0.2) is 0 Å². The topological polar surface area (TPSA) is 29.5 Å². The molecule has 2 atom stereocenters. The molecule has 0 amide bonds. The van der Waals surface area contributed by atoms with Crippen molar-refractivity contribution in [2.24, 2.45) is 0 Å². The number of carbonyl (C=O) groups excluding carboxylic acids is 1. The van der Waals surface area contributed by atoms with Gasteiger partial charge in [0.2, 0.25) is 0 Å². The Hall–Kier alpha value is -1.43. The second-order valence-electron chi connectivity index (χ2n) is 6.97. The highest BCUT2D eigenvalue weighted by Crippen LogP contribution is 2.36. The summed E-state index contributed by atoms with van der Waals surface area (Å²) in [7, 11) is 0. The molecular weight excluding hydrogens is 350 g/mol. The van der Waals surface area contributed by atoms with Gasteiger partial charge >= 0.3 is 5.97 Å². The minimum Gasteiger partial charge on any atom is -0.461 e. The molecule has 25 heavy (non-hydrogen) atoms. The second-order valence-corrected chi connectivity index (χ2v) is 8.80. The van der Waals surface area contributed by atoms with Crippen LogP contribution in [0, 0.1) is 13.8 Å². The molecule has 2 fully saturated rings. The quantitative estimate of drug-likeness (QED) is 0.715. The Labute approximate surface area is 156 Å². The number of aryl methyl sites for hydroxylation is 2. The molecule has 0 aromatic carbocycles. The molecule has 0 unspecified atom stereocenters. The van der Waals surface area contributed by atoms with E-state index in [1.807, 2.05) is 22.7 Å². The van der Waals surface area contributed by atoms with Crippen molar-refractivity contribution in [3.63, 3.8) is 0 Å². The van der Waals surface area contributed by atoms with Gasteiger partial charge in [-0.2, -0.15) is 0 Å². The number of likely N-dealkylation sites (tertiary alicyclic amines) is 1. The van der Waals surface area contributed by atoms with Gasteiger partial charge in [-0.1, -0.05) is 6.08 Å². The minimum atomic E-state index is -0.0246. The first-order valence-electron chi connectivity index (χ1n) is 8.84. The first-order valence-corrected chi connectivity index (χ1v) is 10.6. The normalized spacial score (nSPS) is 22.9. The highest BCUT2D eigenvalue weighted by atomic mass is 32.1. The van der Waals surface area contributed by atoms with Crippen LogP contribution in [0.3, 0.4) is 0 Å². The fraction of sp³-hybridized carbons (Fsp3) is 0.450. The Kier molecular flexibility index (Phi) is 4.80. The van der Waals surface area contributed by atoms with E-state index in [1.165, 1.54) is 26.5 Å². The summed E-state index contributed by atoms with van der Waals surface area (Å²) in [5.41, 5.74) is 4.06. The number of nitrogens with zero attached hydrogens (tertiary/aromatic N) is 1. The maximum Gasteiger partial charge on any atom is 0.307 e. The van der Waals surface area contributed by atoms with E-state index in [9.17, 15) is 4.79 Å². The summed E-state index contributed by atoms with van der Waals surface area (Å²) in [6, 6.07) is 4.78. The Morgan fingerprint density at radius 1 is 1.24 bits per heavy atom. The molecule has 0 N–H and O–H groups in total. The maximum atomic E-state index is 11.6. The van der Waals surface area contributed by atoms with Crippen LogP contribution in [0.25, 0.3) is 5.57 Å². The zero-order valence-corrected chi connectivity index (χ0v) is 16.3. The molecule has 2 bridgehead atoms. The van der Waals surface area contributed by atoms with Crippen LogP contribution in [0.15, 0.2) is 29.0 Å². The van der Waals surface area contributed by atoms with Gasteiger partial charge in [-0.05, 0) is 54.3 Å². The fourth-order valence-electron chi connectivity index (χ4n) is 3.90. The summed E-state index contributed by atoms with van der Waals surface area (Å²) in [5.74, 6) is -0.0246. The summed E-state index contributed by atoms with van der Waals surface area (Å²) >= 11 is 3.65. The lowest BCUT2D eigenvalue weighted by atomic mass is 10.0. The molecule has 5 heteroatoms. The average Bonchev–Trinajstić information content (AvgIpc) is 3.25. The predicted molar refractivity (Wildman–Crippen MR) is 104 cm³/mol. The van der Waals surface area contributed by atoms with Gasteiger partial charge < -0.3 is 4.74 Å². The van der Waals surface area contributed by atoms with Crippen molar-refractivity contribution in [1.82, 2.24) is 4.90 Å². The predicted octanol–water partition coefficient (Wildman–Crippen LogP) is 4.64. The number of esters is 1. The largest absolute Gasteiger partial charge is 0.461 e. The van der Waals surface area contributed by atoms with Crippen molar-refractivity contribution in [1.29, 1.82) is 0 Å². The fourth-order valence-corrected chi connectivity index (χ4v) is 5.91. The van der Waals surface area contributed by atoms with E-state index in [2.05, 4.69) is 47.7 Å². The molecule has 0 saturated carbocycles. The summed E-state index contributed by atoms with van der Waals surface area (Å²) in [6.07, 6.45) is 5.08. The molecule has 2 aliphatic heterocycles. The SMILES string of the molecule is Cc1ccsc1C(=CCCN1C[C@@H]2C[C@H]1CC(=O)O2)c1sccc1C. The Bertz CT molecular complexity index is 762. The zero-order valence-electron chi connectivity index (χ0n) is 14.7. The number of hydrogen-bond acceptors (Lipinski definition) is 5. The molecule has 0 radical (unpaired) electrons. The Balaban J connectivity index is 1.52. The molecule has 0 spiro atoms. The highest BCUT2D eigenvalue weighted by molar-refractivity contribution is 7.14. The molecular formula is C20H23NO2S2. The standard InChI is InChI=1S/C20H23NO2S2/c1-13-5-8-24-19(13)17(20-14(2)6-9-25-20)4-3-7-21-12-16-10-15(21)11-18(22)23-16/h4-6,8-9,15-16H,3,7,10-12H2,1-2H3/t15-,16-/m0/s1. The molecule has 4 heterocycles. The van der Waals surface area contributed by atoms with Crippen molar-refractivity contribution in [2.45, 2.75) is 45.3 Å². The number of hydrogen-bond donors (Lipinski definition) is 0. The first kappa shape index (κ1) is 17.0. The highest BCUT2D eigenvalue weighted by Gasteiger charge is 2.39.